The average Bonchev–Trinajstić information content (AvgIpc) is 2.69. The summed E-state index contributed by atoms with van der Waals surface area (Å²) in [5, 5.41) is 13.7. The van der Waals surface area contributed by atoms with Gasteiger partial charge in [-0.2, -0.15) is 4.31 Å². The Morgan fingerprint density at radius 3 is 2.33 bits per heavy atom. The highest BCUT2D eigenvalue weighted by atomic mass is 32.2. The lowest BCUT2D eigenvalue weighted by molar-refractivity contribution is -0.120. The lowest BCUT2D eigenvalue weighted by Gasteiger charge is -2.29. The zero-order chi connectivity index (χ0) is 19.3. The number of phenolic OH excluding ortho intramolecular Hbond substituents is 1. The number of carbonyl (C=O) groups excluding carboxylic acids is 1. The van der Waals surface area contributed by atoms with Gasteiger partial charge in [-0.1, -0.05) is 42.5 Å². The molecule has 142 valence electrons. The Kier molecular flexibility index (Phi) is 5.93. The molecule has 1 heterocycles. The predicted octanol–water partition coefficient (Wildman–Crippen LogP) is 3.04. The number of amides is 1. The van der Waals surface area contributed by atoms with Crippen LogP contribution in [0.15, 0.2) is 60.0 Å². The number of para-hydroxylation sites is 2. The number of hydrogen-bond acceptors (Lipinski definition) is 4. The van der Waals surface area contributed by atoms with Crippen molar-refractivity contribution in [3.63, 3.8) is 0 Å². The van der Waals surface area contributed by atoms with E-state index in [-0.39, 0.29) is 17.6 Å². The predicted molar refractivity (Wildman–Crippen MR) is 105 cm³/mol. The van der Waals surface area contributed by atoms with Crippen molar-refractivity contribution in [2.45, 2.75) is 12.8 Å². The van der Waals surface area contributed by atoms with E-state index in [1.165, 1.54) is 15.8 Å². The van der Waals surface area contributed by atoms with E-state index in [9.17, 15) is 18.3 Å². The molecule has 27 heavy (non-hydrogen) atoms. The van der Waals surface area contributed by atoms with Gasteiger partial charge in [0, 0.05) is 24.4 Å². The summed E-state index contributed by atoms with van der Waals surface area (Å²) in [5.74, 6) is -0.473. The minimum atomic E-state index is -3.52. The molecular formula is C20H22N2O4S. The highest BCUT2D eigenvalue weighted by Gasteiger charge is 2.30. The summed E-state index contributed by atoms with van der Waals surface area (Å²) >= 11 is 0. The molecular weight excluding hydrogens is 364 g/mol. The van der Waals surface area contributed by atoms with Crippen molar-refractivity contribution in [2.75, 3.05) is 18.4 Å². The number of aromatic hydroxyl groups is 1. The molecule has 0 aliphatic carbocycles. The molecule has 6 nitrogen and oxygen atoms in total. The third-order valence-corrected chi connectivity index (χ3v) is 6.14. The molecule has 0 unspecified atom stereocenters. The van der Waals surface area contributed by atoms with E-state index in [1.807, 2.05) is 30.3 Å². The fraction of sp³-hybridized carbons (Fsp3) is 0.250. The molecule has 0 bridgehead atoms. The van der Waals surface area contributed by atoms with Crippen LogP contribution in [-0.4, -0.2) is 36.8 Å². The zero-order valence-electron chi connectivity index (χ0n) is 14.8. The fourth-order valence-electron chi connectivity index (χ4n) is 3.00. The molecule has 0 radical (unpaired) electrons. The Morgan fingerprint density at radius 1 is 1.04 bits per heavy atom. The van der Waals surface area contributed by atoms with Crippen molar-refractivity contribution in [2.24, 2.45) is 5.92 Å². The second-order valence-electron chi connectivity index (χ2n) is 6.44. The molecule has 7 heteroatoms. The first-order valence-corrected chi connectivity index (χ1v) is 10.3. The van der Waals surface area contributed by atoms with Crippen LogP contribution < -0.4 is 5.32 Å². The Morgan fingerprint density at radius 2 is 1.67 bits per heavy atom. The van der Waals surface area contributed by atoms with E-state index in [1.54, 1.807) is 24.3 Å². The van der Waals surface area contributed by atoms with E-state index in [2.05, 4.69) is 5.32 Å². The van der Waals surface area contributed by atoms with E-state index < -0.39 is 10.0 Å². The number of anilines is 1. The third-order valence-electron chi connectivity index (χ3n) is 4.58. The smallest absolute Gasteiger partial charge is 0.236 e. The fourth-order valence-corrected chi connectivity index (χ4v) is 4.22. The first-order valence-electron chi connectivity index (χ1n) is 8.78. The second kappa shape index (κ2) is 8.37. The minimum absolute atomic E-state index is 0.0110. The number of nitrogens with zero attached hydrogens (tertiary/aromatic N) is 1. The molecule has 2 aromatic rings. The molecule has 3 rings (SSSR count). The summed E-state index contributed by atoms with van der Waals surface area (Å²) in [6.45, 7) is 0.584. The summed E-state index contributed by atoms with van der Waals surface area (Å²) in [6.07, 6.45) is 2.46. The van der Waals surface area contributed by atoms with Crippen LogP contribution in [0.25, 0.3) is 6.08 Å². The van der Waals surface area contributed by atoms with Gasteiger partial charge < -0.3 is 10.4 Å². The highest BCUT2D eigenvalue weighted by Crippen LogP contribution is 2.25. The summed E-state index contributed by atoms with van der Waals surface area (Å²) in [4.78, 5) is 12.4. The van der Waals surface area contributed by atoms with Crippen LogP contribution in [0.1, 0.15) is 18.4 Å². The molecule has 1 aliphatic rings. The quantitative estimate of drug-likeness (QED) is 0.774. The van der Waals surface area contributed by atoms with Gasteiger partial charge in [0.25, 0.3) is 0 Å². The zero-order valence-corrected chi connectivity index (χ0v) is 15.6. The van der Waals surface area contributed by atoms with Crippen molar-refractivity contribution in [1.29, 1.82) is 0 Å². The van der Waals surface area contributed by atoms with Crippen LogP contribution in [0.4, 0.5) is 5.69 Å². The van der Waals surface area contributed by atoms with E-state index in [4.69, 9.17) is 0 Å². The first-order chi connectivity index (χ1) is 13.0. The lowest BCUT2D eigenvalue weighted by atomic mass is 9.97. The van der Waals surface area contributed by atoms with Crippen molar-refractivity contribution in [3.8, 4) is 5.75 Å². The molecule has 0 spiro atoms. The molecule has 1 amide bonds. The maximum Gasteiger partial charge on any atom is 0.236 e. The number of benzene rings is 2. The molecule has 0 aromatic heterocycles. The Balaban J connectivity index is 1.57. The topological polar surface area (TPSA) is 86.7 Å². The SMILES string of the molecule is O=C(Nc1ccccc1O)C1CCN(S(=O)(=O)/C=C/c2ccccc2)CC1. The second-order valence-corrected chi connectivity index (χ2v) is 8.26. The first kappa shape index (κ1) is 19.1. The van der Waals surface area contributed by atoms with E-state index in [0.717, 1.165) is 5.56 Å². The molecule has 1 aliphatic heterocycles. The largest absolute Gasteiger partial charge is 0.506 e. The number of rotatable bonds is 5. The van der Waals surface area contributed by atoms with Crippen molar-refractivity contribution in [3.05, 3.63) is 65.6 Å². The Labute approximate surface area is 159 Å². The van der Waals surface area contributed by atoms with Crippen molar-refractivity contribution >= 4 is 27.7 Å². The molecule has 0 saturated carbocycles. The number of piperidine rings is 1. The molecule has 2 N–H and O–H groups in total. The van der Waals surface area contributed by atoms with Gasteiger partial charge in [0.1, 0.15) is 5.75 Å². The van der Waals surface area contributed by atoms with Crippen LogP contribution in [0, 0.1) is 5.92 Å². The molecule has 2 aromatic carbocycles. The number of carbonyl (C=O) groups is 1. The lowest BCUT2D eigenvalue weighted by Crippen LogP contribution is -2.40. The highest BCUT2D eigenvalue weighted by molar-refractivity contribution is 7.92. The van der Waals surface area contributed by atoms with Gasteiger partial charge in [0.15, 0.2) is 0 Å². The van der Waals surface area contributed by atoms with Gasteiger partial charge in [-0.25, -0.2) is 8.42 Å². The Bertz CT molecular complexity index is 918. The summed E-state index contributed by atoms with van der Waals surface area (Å²) < 4.78 is 26.4. The van der Waals surface area contributed by atoms with Crippen molar-refractivity contribution in [1.82, 2.24) is 4.31 Å². The minimum Gasteiger partial charge on any atom is -0.506 e. The number of phenols is 1. The monoisotopic (exact) mass is 386 g/mol. The van der Waals surface area contributed by atoms with Crippen LogP contribution >= 0.6 is 0 Å². The average molecular weight is 386 g/mol. The molecule has 0 atom stereocenters. The number of hydrogen-bond donors (Lipinski definition) is 2. The third kappa shape index (κ3) is 4.96. The van der Waals surface area contributed by atoms with Gasteiger partial charge in [0.2, 0.25) is 15.9 Å². The molecule has 1 saturated heterocycles. The van der Waals surface area contributed by atoms with Crippen LogP contribution in [0.5, 0.6) is 5.75 Å². The van der Waals surface area contributed by atoms with Gasteiger partial charge in [-0.05, 0) is 36.6 Å². The van der Waals surface area contributed by atoms with Crippen molar-refractivity contribution < 1.29 is 18.3 Å². The number of nitrogens with one attached hydrogen (secondary N) is 1. The summed E-state index contributed by atoms with van der Waals surface area (Å²) in [7, 11) is -3.52. The normalized spacial score (nSPS) is 16.4. The van der Waals surface area contributed by atoms with E-state index >= 15 is 0 Å². The van der Waals surface area contributed by atoms with Gasteiger partial charge in [-0.3, -0.25) is 4.79 Å². The maximum absolute atomic E-state index is 12.5. The van der Waals surface area contributed by atoms with E-state index in [0.29, 0.717) is 31.6 Å². The standard InChI is InChI=1S/C20H22N2O4S/c23-19-9-5-4-8-18(19)21-20(24)17-10-13-22(14-11-17)27(25,26)15-12-16-6-2-1-3-7-16/h1-9,12,15,17,23H,10-11,13-14H2,(H,21,24)/b15-12+. The van der Waals surface area contributed by atoms with Crippen LogP contribution in [-0.2, 0) is 14.8 Å². The Hall–Kier alpha value is -2.64. The van der Waals surface area contributed by atoms with Gasteiger partial charge in [-0.15, -0.1) is 0 Å². The number of sulfonamides is 1. The van der Waals surface area contributed by atoms with Gasteiger partial charge in [0.05, 0.1) is 5.69 Å². The summed E-state index contributed by atoms with van der Waals surface area (Å²) in [5.41, 5.74) is 1.18. The van der Waals surface area contributed by atoms with Gasteiger partial charge >= 0.3 is 0 Å². The maximum atomic E-state index is 12.5. The molecule has 1 fully saturated rings. The summed E-state index contributed by atoms with van der Waals surface area (Å²) in [6, 6.07) is 15.8. The van der Waals surface area contributed by atoms with Crippen LogP contribution in [0.2, 0.25) is 0 Å². The van der Waals surface area contributed by atoms with Crippen LogP contribution in [0.3, 0.4) is 0 Å².